The lowest BCUT2D eigenvalue weighted by atomic mass is 9.91. The molecule has 0 spiro atoms. The van der Waals surface area contributed by atoms with Gasteiger partial charge in [0.25, 0.3) is 5.89 Å². The fourth-order valence-electron chi connectivity index (χ4n) is 2.78. The number of hydrogen-bond acceptors (Lipinski definition) is 5. The van der Waals surface area contributed by atoms with E-state index in [1.54, 1.807) is 18.2 Å². The summed E-state index contributed by atoms with van der Waals surface area (Å²) in [5.74, 6) is -3.68. The maximum absolute atomic E-state index is 14.6. The quantitative estimate of drug-likeness (QED) is 0.872. The summed E-state index contributed by atoms with van der Waals surface area (Å²) in [6.07, 6.45) is 1.68. The van der Waals surface area contributed by atoms with E-state index in [1.165, 1.54) is 0 Å². The van der Waals surface area contributed by atoms with Crippen molar-refractivity contribution in [3.8, 4) is 17.1 Å². The highest BCUT2D eigenvalue weighted by molar-refractivity contribution is 5.56. The van der Waals surface area contributed by atoms with E-state index >= 15 is 0 Å². The summed E-state index contributed by atoms with van der Waals surface area (Å²) in [5.41, 5.74) is 0.597. The van der Waals surface area contributed by atoms with Crippen LogP contribution in [-0.4, -0.2) is 29.8 Å². The van der Waals surface area contributed by atoms with Crippen molar-refractivity contribution in [1.29, 1.82) is 0 Å². The van der Waals surface area contributed by atoms with E-state index in [1.807, 2.05) is 13.0 Å². The number of nitrogens with zero attached hydrogens (tertiary/aromatic N) is 2. The highest BCUT2D eigenvalue weighted by Crippen LogP contribution is 2.40. The lowest BCUT2D eigenvalue weighted by Crippen LogP contribution is -2.36. The van der Waals surface area contributed by atoms with E-state index in [9.17, 15) is 8.78 Å². The predicted molar refractivity (Wildman–Crippen MR) is 85.0 cm³/mol. The molecule has 0 atom stereocenters. The number of nitrogens with one attached hydrogen (secondary N) is 1. The summed E-state index contributed by atoms with van der Waals surface area (Å²) in [6, 6.07) is 7.06. The summed E-state index contributed by atoms with van der Waals surface area (Å²) in [5, 5.41) is 6.81. The first kappa shape index (κ1) is 16.8. The second kappa shape index (κ2) is 7.25. The molecule has 130 valence electrons. The van der Waals surface area contributed by atoms with Gasteiger partial charge in [-0.05, 0) is 44.5 Å². The van der Waals surface area contributed by atoms with E-state index in [4.69, 9.17) is 9.26 Å². The fourth-order valence-corrected chi connectivity index (χ4v) is 2.78. The van der Waals surface area contributed by atoms with Crippen molar-refractivity contribution in [2.75, 3.05) is 19.7 Å². The van der Waals surface area contributed by atoms with Crippen LogP contribution in [0.1, 0.15) is 32.1 Å². The SMILES string of the molecule is CCCOc1cccc(-c2noc(C(F)(F)C3CCNCC3)n2)c1. The molecule has 2 heterocycles. The topological polar surface area (TPSA) is 60.2 Å². The molecule has 1 aromatic heterocycles. The van der Waals surface area contributed by atoms with Gasteiger partial charge in [0.2, 0.25) is 5.82 Å². The third-order valence-corrected chi connectivity index (χ3v) is 4.13. The number of piperidine rings is 1. The number of benzene rings is 1. The molecule has 2 aromatic rings. The van der Waals surface area contributed by atoms with Crippen LogP contribution in [0.4, 0.5) is 8.78 Å². The molecule has 0 bridgehead atoms. The van der Waals surface area contributed by atoms with Gasteiger partial charge in [-0.15, -0.1) is 0 Å². The molecule has 1 aliphatic rings. The van der Waals surface area contributed by atoms with Gasteiger partial charge in [-0.1, -0.05) is 24.2 Å². The molecule has 5 nitrogen and oxygen atoms in total. The largest absolute Gasteiger partial charge is 0.494 e. The minimum absolute atomic E-state index is 0.153. The third-order valence-electron chi connectivity index (χ3n) is 4.13. The lowest BCUT2D eigenvalue weighted by molar-refractivity contribution is -0.0993. The van der Waals surface area contributed by atoms with Gasteiger partial charge >= 0.3 is 5.92 Å². The van der Waals surface area contributed by atoms with Gasteiger partial charge in [0.05, 0.1) is 6.61 Å². The Morgan fingerprint density at radius 1 is 1.33 bits per heavy atom. The molecule has 0 unspecified atom stereocenters. The molecule has 1 aliphatic heterocycles. The normalized spacial score (nSPS) is 16.3. The van der Waals surface area contributed by atoms with E-state index in [2.05, 4.69) is 15.5 Å². The summed E-state index contributed by atoms with van der Waals surface area (Å²) < 4.78 is 39.6. The monoisotopic (exact) mass is 337 g/mol. The summed E-state index contributed by atoms with van der Waals surface area (Å²) in [4.78, 5) is 3.95. The van der Waals surface area contributed by atoms with E-state index < -0.39 is 17.7 Å². The molecular formula is C17H21F2N3O2. The molecule has 0 saturated carbocycles. The highest BCUT2D eigenvalue weighted by atomic mass is 19.3. The molecule has 0 radical (unpaired) electrons. The number of aromatic nitrogens is 2. The molecule has 1 aromatic carbocycles. The Hall–Kier alpha value is -2.02. The van der Waals surface area contributed by atoms with Crippen LogP contribution in [-0.2, 0) is 5.92 Å². The van der Waals surface area contributed by atoms with Crippen molar-refractivity contribution in [2.45, 2.75) is 32.1 Å². The zero-order chi connectivity index (χ0) is 17.0. The molecular weight excluding hydrogens is 316 g/mol. The molecule has 1 saturated heterocycles. The predicted octanol–water partition coefficient (Wildman–Crippen LogP) is 3.62. The van der Waals surface area contributed by atoms with E-state index in [0.717, 1.165) is 6.42 Å². The summed E-state index contributed by atoms with van der Waals surface area (Å²) in [6.45, 7) is 3.77. The van der Waals surface area contributed by atoms with Crippen LogP contribution in [0.25, 0.3) is 11.4 Å². The van der Waals surface area contributed by atoms with Crippen molar-refractivity contribution in [3.63, 3.8) is 0 Å². The number of ether oxygens (including phenoxy) is 1. The Kier molecular flexibility index (Phi) is 5.08. The Morgan fingerprint density at radius 3 is 2.88 bits per heavy atom. The van der Waals surface area contributed by atoms with Crippen molar-refractivity contribution in [3.05, 3.63) is 30.2 Å². The van der Waals surface area contributed by atoms with Gasteiger partial charge in [0.15, 0.2) is 0 Å². The Labute approximate surface area is 139 Å². The Bertz CT molecular complexity index is 669. The number of rotatable bonds is 6. The minimum Gasteiger partial charge on any atom is -0.494 e. The van der Waals surface area contributed by atoms with Crippen molar-refractivity contribution in [1.82, 2.24) is 15.5 Å². The van der Waals surface area contributed by atoms with Crippen LogP contribution in [0.2, 0.25) is 0 Å². The first-order valence-corrected chi connectivity index (χ1v) is 8.27. The molecule has 0 amide bonds. The number of halogens is 2. The number of hydrogen-bond donors (Lipinski definition) is 1. The Balaban J connectivity index is 1.79. The van der Waals surface area contributed by atoms with E-state index in [0.29, 0.717) is 43.9 Å². The van der Waals surface area contributed by atoms with E-state index in [-0.39, 0.29) is 5.82 Å². The first-order valence-electron chi connectivity index (χ1n) is 8.27. The van der Waals surface area contributed by atoms with Gasteiger partial charge in [0.1, 0.15) is 5.75 Å². The van der Waals surface area contributed by atoms with Crippen LogP contribution in [0, 0.1) is 5.92 Å². The average Bonchev–Trinajstić information content (AvgIpc) is 3.12. The lowest BCUT2D eigenvalue weighted by Gasteiger charge is -2.27. The molecule has 1 fully saturated rings. The minimum atomic E-state index is -3.11. The van der Waals surface area contributed by atoms with Gasteiger partial charge in [-0.2, -0.15) is 13.8 Å². The van der Waals surface area contributed by atoms with Crippen LogP contribution in [0.3, 0.4) is 0 Å². The van der Waals surface area contributed by atoms with Gasteiger partial charge in [-0.25, -0.2) is 0 Å². The highest BCUT2D eigenvalue weighted by Gasteiger charge is 2.46. The molecule has 24 heavy (non-hydrogen) atoms. The fraction of sp³-hybridized carbons (Fsp3) is 0.529. The standard InChI is InChI=1S/C17H21F2N3O2/c1-2-10-23-14-5-3-4-12(11-14)15-21-16(24-22-15)17(18,19)13-6-8-20-9-7-13/h3-5,11,13,20H,2,6-10H2,1H3. The zero-order valence-electron chi connectivity index (χ0n) is 13.6. The zero-order valence-corrected chi connectivity index (χ0v) is 13.6. The molecule has 0 aliphatic carbocycles. The molecule has 1 N–H and O–H groups in total. The average molecular weight is 337 g/mol. The smallest absolute Gasteiger partial charge is 0.327 e. The molecule has 3 rings (SSSR count). The molecule has 7 heteroatoms. The van der Waals surface area contributed by atoms with Crippen LogP contribution in [0.5, 0.6) is 5.75 Å². The van der Waals surface area contributed by atoms with Crippen molar-refractivity contribution >= 4 is 0 Å². The Morgan fingerprint density at radius 2 is 2.12 bits per heavy atom. The second-order valence-corrected chi connectivity index (χ2v) is 5.95. The maximum atomic E-state index is 14.6. The van der Waals surface area contributed by atoms with Crippen molar-refractivity contribution < 1.29 is 18.0 Å². The maximum Gasteiger partial charge on any atom is 0.327 e. The van der Waals surface area contributed by atoms with Crippen LogP contribution < -0.4 is 10.1 Å². The van der Waals surface area contributed by atoms with Gasteiger partial charge in [-0.3, -0.25) is 0 Å². The van der Waals surface area contributed by atoms with Crippen molar-refractivity contribution in [2.24, 2.45) is 5.92 Å². The van der Waals surface area contributed by atoms with Gasteiger partial charge in [0, 0.05) is 11.5 Å². The van der Waals surface area contributed by atoms with Crippen LogP contribution in [0.15, 0.2) is 28.8 Å². The first-order chi connectivity index (χ1) is 11.6. The van der Waals surface area contributed by atoms with Crippen LogP contribution >= 0.6 is 0 Å². The summed E-state index contributed by atoms with van der Waals surface area (Å²) >= 11 is 0. The van der Waals surface area contributed by atoms with Gasteiger partial charge < -0.3 is 14.6 Å². The number of alkyl halides is 2. The summed E-state index contributed by atoms with van der Waals surface area (Å²) in [7, 11) is 0. The third kappa shape index (κ3) is 3.56. The second-order valence-electron chi connectivity index (χ2n) is 5.95.